The number of hydrogen-bond acceptors (Lipinski definition) is 6. The number of nitrogens with zero attached hydrogens (tertiary/aromatic N) is 4. The van der Waals surface area contributed by atoms with Gasteiger partial charge in [0.05, 0.1) is 17.4 Å². The fourth-order valence-corrected chi connectivity index (χ4v) is 1.70. The average molecular weight is 253 g/mol. The van der Waals surface area contributed by atoms with E-state index in [4.69, 9.17) is 10.3 Å². The maximum absolute atomic E-state index is 5.82. The monoisotopic (exact) mass is 253 g/mol. The minimum absolute atomic E-state index is 0.359. The Balaban J connectivity index is 2.03. The largest absolute Gasteiger partial charge is 0.397 e. The standard InChI is InChI=1S/C13H11N5O/c1-8-2-5-16-11(6-8)12-17-13(19-18-12)9-3-4-15-7-10(9)14/h2-7H,14H2,1H3. The van der Waals surface area contributed by atoms with Gasteiger partial charge in [-0.05, 0) is 30.7 Å². The molecule has 3 aromatic rings. The third-order valence-electron chi connectivity index (χ3n) is 2.65. The predicted molar refractivity (Wildman–Crippen MR) is 69.9 cm³/mol. The lowest BCUT2D eigenvalue weighted by Gasteiger charge is -1.97. The van der Waals surface area contributed by atoms with Crippen molar-refractivity contribution in [3.63, 3.8) is 0 Å². The topological polar surface area (TPSA) is 90.7 Å². The second-order valence-electron chi connectivity index (χ2n) is 4.10. The number of pyridine rings is 2. The van der Waals surface area contributed by atoms with Gasteiger partial charge in [0.1, 0.15) is 5.69 Å². The van der Waals surface area contributed by atoms with Crippen molar-refractivity contribution < 1.29 is 4.52 Å². The second-order valence-corrected chi connectivity index (χ2v) is 4.10. The van der Waals surface area contributed by atoms with Crippen LogP contribution in [0.3, 0.4) is 0 Å². The molecule has 0 saturated heterocycles. The number of nitrogen functional groups attached to an aromatic ring is 1. The van der Waals surface area contributed by atoms with Crippen LogP contribution in [0.1, 0.15) is 5.56 Å². The highest BCUT2D eigenvalue weighted by molar-refractivity contribution is 5.69. The third-order valence-corrected chi connectivity index (χ3v) is 2.65. The van der Waals surface area contributed by atoms with E-state index >= 15 is 0 Å². The maximum Gasteiger partial charge on any atom is 0.260 e. The van der Waals surface area contributed by atoms with Crippen LogP contribution in [0.4, 0.5) is 5.69 Å². The molecule has 0 spiro atoms. The molecular weight excluding hydrogens is 242 g/mol. The maximum atomic E-state index is 5.82. The van der Waals surface area contributed by atoms with E-state index in [1.165, 1.54) is 0 Å². The number of anilines is 1. The van der Waals surface area contributed by atoms with Gasteiger partial charge >= 0.3 is 0 Å². The van der Waals surface area contributed by atoms with Gasteiger partial charge in [-0.25, -0.2) is 0 Å². The number of aromatic nitrogens is 4. The van der Waals surface area contributed by atoms with Gasteiger partial charge in [-0.2, -0.15) is 4.98 Å². The van der Waals surface area contributed by atoms with Crippen molar-refractivity contribution in [2.24, 2.45) is 0 Å². The highest BCUT2D eigenvalue weighted by Gasteiger charge is 2.13. The normalized spacial score (nSPS) is 10.6. The molecule has 3 heterocycles. The van der Waals surface area contributed by atoms with E-state index in [9.17, 15) is 0 Å². The van der Waals surface area contributed by atoms with Gasteiger partial charge in [-0.3, -0.25) is 9.97 Å². The zero-order chi connectivity index (χ0) is 13.2. The van der Waals surface area contributed by atoms with E-state index in [0.717, 1.165) is 5.56 Å². The summed E-state index contributed by atoms with van der Waals surface area (Å²) in [5, 5.41) is 3.92. The molecule has 0 fully saturated rings. The number of rotatable bonds is 2. The zero-order valence-corrected chi connectivity index (χ0v) is 10.2. The summed E-state index contributed by atoms with van der Waals surface area (Å²) in [4.78, 5) is 12.4. The molecule has 0 atom stereocenters. The van der Waals surface area contributed by atoms with Crippen molar-refractivity contribution in [3.8, 4) is 23.0 Å². The van der Waals surface area contributed by atoms with Gasteiger partial charge < -0.3 is 10.3 Å². The second kappa shape index (κ2) is 4.49. The van der Waals surface area contributed by atoms with Crippen LogP contribution in [0.15, 0.2) is 41.3 Å². The first-order valence-corrected chi connectivity index (χ1v) is 5.70. The molecule has 0 aromatic carbocycles. The molecule has 2 N–H and O–H groups in total. The molecule has 0 aliphatic rings. The molecule has 6 nitrogen and oxygen atoms in total. The summed E-state index contributed by atoms with van der Waals surface area (Å²) in [6.07, 6.45) is 4.88. The summed E-state index contributed by atoms with van der Waals surface area (Å²) in [5.41, 5.74) is 8.73. The molecular formula is C13H11N5O. The highest BCUT2D eigenvalue weighted by Crippen LogP contribution is 2.25. The Morgan fingerprint density at radius 2 is 2.11 bits per heavy atom. The van der Waals surface area contributed by atoms with E-state index in [0.29, 0.717) is 28.7 Å². The number of aryl methyl sites for hydroxylation is 1. The summed E-state index contributed by atoms with van der Waals surface area (Å²) in [7, 11) is 0. The summed E-state index contributed by atoms with van der Waals surface area (Å²) >= 11 is 0. The van der Waals surface area contributed by atoms with Gasteiger partial charge in [0, 0.05) is 12.4 Å². The minimum Gasteiger partial charge on any atom is -0.397 e. The Bertz CT molecular complexity index is 722. The van der Waals surface area contributed by atoms with Crippen molar-refractivity contribution in [1.29, 1.82) is 0 Å². The fourth-order valence-electron chi connectivity index (χ4n) is 1.70. The van der Waals surface area contributed by atoms with Crippen LogP contribution in [0, 0.1) is 6.92 Å². The van der Waals surface area contributed by atoms with Crippen LogP contribution in [0.5, 0.6) is 0 Å². The van der Waals surface area contributed by atoms with Crippen LogP contribution in [-0.2, 0) is 0 Å². The van der Waals surface area contributed by atoms with Gasteiger partial charge in [0.15, 0.2) is 0 Å². The lowest BCUT2D eigenvalue weighted by atomic mass is 10.2. The molecule has 3 rings (SSSR count). The lowest BCUT2D eigenvalue weighted by molar-refractivity contribution is 0.432. The SMILES string of the molecule is Cc1ccnc(-c2noc(-c3ccncc3N)n2)c1. The average Bonchev–Trinajstić information content (AvgIpc) is 2.89. The van der Waals surface area contributed by atoms with Crippen LogP contribution in [-0.4, -0.2) is 20.1 Å². The van der Waals surface area contributed by atoms with Crippen molar-refractivity contribution in [1.82, 2.24) is 20.1 Å². The van der Waals surface area contributed by atoms with Gasteiger partial charge in [-0.15, -0.1) is 0 Å². The third kappa shape index (κ3) is 2.15. The highest BCUT2D eigenvalue weighted by atomic mass is 16.5. The van der Waals surface area contributed by atoms with E-state index in [2.05, 4.69) is 20.1 Å². The molecule has 0 radical (unpaired) electrons. The molecule has 3 aromatic heterocycles. The molecule has 0 aliphatic heterocycles. The first-order valence-electron chi connectivity index (χ1n) is 5.70. The van der Waals surface area contributed by atoms with Crippen molar-refractivity contribution in [2.45, 2.75) is 6.92 Å². The molecule has 0 saturated carbocycles. The molecule has 0 unspecified atom stereocenters. The van der Waals surface area contributed by atoms with Crippen LogP contribution >= 0.6 is 0 Å². The lowest BCUT2D eigenvalue weighted by Crippen LogP contribution is -1.91. The Kier molecular flexibility index (Phi) is 2.68. The predicted octanol–water partition coefficient (Wildman–Crippen LogP) is 2.08. The summed E-state index contributed by atoms with van der Waals surface area (Å²) in [6, 6.07) is 5.53. The first-order chi connectivity index (χ1) is 9.24. The number of hydrogen-bond donors (Lipinski definition) is 1. The summed E-state index contributed by atoms with van der Waals surface area (Å²) < 4.78 is 5.22. The summed E-state index contributed by atoms with van der Waals surface area (Å²) in [6.45, 7) is 1.98. The Morgan fingerprint density at radius 1 is 1.21 bits per heavy atom. The zero-order valence-electron chi connectivity index (χ0n) is 10.2. The molecule has 6 heteroatoms. The molecule has 0 bridgehead atoms. The van der Waals surface area contributed by atoms with Crippen LogP contribution < -0.4 is 5.73 Å². The molecule has 0 amide bonds. The van der Waals surface area contributed by atoms with Gasteiger partial charge in [0.2, 0.25) is 5.82 Å². The van der Waals surface area contributed by atoms with Gasteiger partial charge in [-0.1, -0.05) is 5.16 Å². The van der Waals surface area contributed by atoms with Gasteiger partial charge in [0.25, 0.3) is 5.89 Å². The van der Waals surface area contributed by atoms with E-state index in [1.54, 1.807) is 24.7 Å². The van der Waals surface area contributed by atoms with Crippen molar-refractivity contribution in [3.05, 3.63) is 42.4 Å². The van der Waals surface area contributed by atoms with Crippen LogP contribution in [0.25, 0.3) is 23.0 Å². The van der Waals surface area contributed by atoms with Crippen LogP contribution in [0.2, 0.25) is 0 Å². The smallest absolute Gasteiger partial charge is 0.260 e. The molecule has 94 valence electrons. The van der Waals surface area contributed by atoms with Crippen molar-refractivity contribution in [2.75, 3.05) is 5.73 Å². The number of nitrogens with two attached hydrogens (primary N) is 1. The fraction of sp³-hybridized carbons (Fsp3) is 0.0769. The summed E-state index contributed by atoms with van der Waals surface area (Å²) in [5.74, 6) is 0.799. The first kappa shape index (κ1) is 11.3. The Labute approximate surface area is 109 Å². The molecule has 19 heavy (non-hydrogen) atoms. The quantitative estimate of drug-likeness (QED) is 0.751. The van der Waals surface area contributed by atoms with Crippen molar-refractivity contribution >= 4 is 5.69 Å². The van der Waals surface area contributed by atoms with E-state index < -0.39 is 0 Å². The molecule has 0 aliphatic carbocycles. The Hall–Kier alpha value is -2.76. The van der Waals surface area contributed by atoms with E-state index in [-0.39, 0.29) is 0 Å². The Morgan fingerprint density at radius 3 is 2.89 bits per heavy atom. The minimum atomic E-state index is 0.359. The van der Waals surface area contributed by atoms with E-state index in [1.807, 2.05) is 19.1 Å².